The van der Waals surface area contributed by atoms with E-state index >= 15 is 0 Å². The first kappa shape index (κ1) is 23.5. The minimum Gasteiger partial charge on any atom is -0.496 e. The van der Waals surface area contributed by atoms with Crippen molar-refractivity contribution in [2.24, 2.45) is 10.7 Å². The van der Waals surface area contributed by atoms with E-state index < -0.39 is 0 Å². The van der Waals surface area contributed by atoms with Crippen LogP contribution in [-0.4, -0.2) is 50.8 Å². The van der Waals surface area contributed by atoms with Crippen LogP contribution in [0.1, 0.15) is 30.9 Å². The van der Waals surface area contributed by atoms with Gasteiger partial charge in [0.05, 0.1) is 32.9 Å². The first-order chi connectivity index (χ1) is 14.7. The van der Waals surface area contributed by atoms with Gasteiger partial charge in [-0.25, -0.2) is 0 Å². The number of nitrogens with one attached hydrogen (secondary N) is 1. The van der Waals surface area contributed by atoms with Gasteiger partial charge in [0.25, 0.3) is 0 Å². The number of benzene rings is 2. The summed E-state index contributed by atoms with van der Waals surface area (Å²) in [5.41, 5.74) is 8.20. The third-order valence-corrected chi connectivity index (χ3v) is 5.53. The number of likely N-dealkylation sites (tertiary alicyclic amines) is 1. The number of nitrogens with zero attached hydrogens (tertiary/aromatic N) is 2. The fraction of sp³-hybridized carbons (Fsp3) is 0.435. The highest BCUT2D eigenvalue weighted by Gasteiger charge is 2.25. The molecule has 2 heterocycles. The molecule has 8 heteroatoms. The Morgan fingerprint density at radius 2 is 1.84 bits per heavy atom. The highest BCUT2D eigenvalue weighted by atomic mass is 127. The van der Waals surface area contributed by atoms with Crippen molar-refractivity contribution in [2.75, 3.05) is 45.3 Å². The maximum absolute atomic E-state index is 6.23. The summed E-state index contributed by atoms with van der Waals surface area (Å²) in [6, 6.07) is 14.0. The largest absolute Gasteiger partial charge is 0.496 e. The molecule has 2 aliphatic rings. The number of guanidine groups is 1. The summed E-state index contributed by atoms with van der Waals surface area (Å²) in [6.45, 7) is 4.01. The van der Waals surface area contributed by atoms with Crippen molar-refractivity contribution in [1.29, 1.82) is 0 Å². The molecule has 0 amide bonds. The van der Waals surface area contributed by atoms with Crippen molar-refractivity contribution in [3.05, 3.63) is 48.0 Å². The molecular weight excluding hydrogens is 507 g/mol. The number of methoxy groups -OCH3 is 1. The molecule has 0 bridgehead atoms. The van der Waals surface area contributed by atoms with Gasteiger partial charge in [-0.1, -0.05) is 18.2 Å². The van der Waals surface area contributed by atoms with Crippen LogP contribution < -0.4 is 25.3 Å². The Morgan fingerprint density at radius 3 is 2.61 bits per heavy atom. The second kappa shape index (κ2) is 11.4. The molecule has 1 fully saturated rings. The van der Waals surface area contributed by atoms with E-state index in [4.69, 9.17) is 19.9 Å². The third-order valence-electron chi connectivity index (χ3n) is 5.53. The van der Waals surface area contributed by atoms with Gasteiger partial charge in [-0.15, -0.1) is 24.0 Å². The van der Waals surface area contributed by atoms with Gasteiger partial charge in [0.1, 0.15) is 5.75 Å². The zero-order valence-electron chi connectivity index (χ0n) is 17.9. The van der Waals surface area contributed by atoms with Crippen LogP contribution in [0.15, 0.2) is 47.5 Å². The second-order valence-electron chi connectivity index (χ2n) is 7.56. The number of halogens is 1. The summed E-state index contributed by atoms with van der Waals surface area (Å²) in [5, 5.41) is 3.18. The average Bonchev–Trinajstić information content (AvgIpc) is 3.19. The van der Waals surface area contributed by atoms with Gasteiger partial charge >= 0.3 is 0 Å². The van der Waals surface area contributed by atoms with Crippen molar-refractivity contribution in [2.45, 2.75) is 25.3 Å². The Labute approximate surface area is 201 Å². The molecule has 168 valence electrons. The van der Waals surface area contributed by atoms with Gasteiger partial charge in [-0.05, 0) is 44.1 Å². The van der Waals surface area contributed by atoms with Gasteiger partial charge in [-0.3, -0.25) is 9.89 Å². The normalized spacial score (nSPS) is 17.4. The molecule has 1 unspecified atom stereocenters. The van der Waals surface area contributed by atoms with E-state index in [1.165, 1.54) is 12.8 Å². The van der Waals surface area contributed by atoms with Crippen LogP contribution in [0, 0.1) is 0 Å². The maximum Gasteiger partial charge on any atom is 0.193 e. The van der Waals surface area contributed by atoms with Crippen molar-refractivity contribution in [3.63, 3.8) is 0 Å². The van der Waals surface area contributed by atoms with Gasteiger partial charge in [-0.2, -0.15) is 0 Å². The van der Waals surface area contributed by atoms with E-state index in [1.54, 1.807) is 7.11 Å². The van der Waals surface area contributed by atoms with Crippen LogP contribution in [0.3, 0.4) is 0 Å². The zero-order valence-corrected chi connectivity index (χ0v) is 20.2. The van der Waals surface area contributed by atoms with E-state index in [0.29, 0.717) is 25.7 Å². The van der Waals surface area contributed by atoms with E-state index in [1.807, 2.05) is 36.4 Å². The monoisotopic (exact) mass is 538 g/mol. The zero-order chi connectivity index (χ0) is 20.8. The number of ether oxygens (including phenoxy) is 3. The summed E-state index contributed by atoms with van der Waals surface area (Å²) in [6.07, 6.45) is 3.29. The fourth-order valence-electron chi connectivity index (χ4n) is 4.02. The smallest absolute Gasteiger partial charge is 0.193 e. The highest BCUT2D eigenvalue weighted by Crippen LogP contribution is 2.33. The van der Waals surface area contributed by atoms with Crippen LogP contribution in [0.5, 0.6) is 17.2 Å². The lowest BCUT2D eigenvalue weighted by Gasteiger charge is -2.28. The number of rotatable bonds is 6. The molecule has 2 aromatic carbocycles. The molecule has 4 rings (SSSR count). The molecule has 0 aromatic heterocycles. The minimum atomic E-state index is 0. The number of nitrogens with two attached hydrogens (primary N) is 1. The third kappa shape index (κ3) is 5.94. The van der Waals surface area contributed by atoms with Crippen molar-refractivity contribution >= 4 is 35.6 Å². The van der Waals surface area contributed by atoms with Crippen LogP contribution in [-0.2, 0) is 0 Å². The Hall–Kier alpha value is -2.20. The van der Waals surface area contributed by atoms with Gasteiger partial charge in [0.15, 0.2) is 17.5 Å². The number of anilines is 1. The SMILES string of the molecule is COc1ccccc1C(CN=C(N)Nc1ccc2c(c1)OCCCO2)N1CCCC1.I. The van der Waals surface area contributed by atoms with E-state index in [0.717, 1.165) is 48.0 Å². The van der Waals surface area contributed by atoms with Crippen molar-refractivity contribution in [3.8, 4) is 17.2 Å². The molecule has 0 radical (unpaired) electrons. The minimum absolute atomic E-state index is 0. The quantitative estimate of drug-likeness (QED) is 0.329. The summed E-state index contributed by atoms with van der Waals surface area (Å²) in [5.74, 6) is 2.76. The fourth-order valence-corrected chi connectivity index (χ4v) is 4.02. The number of aliphatic imine (C=N–C) groups is 1. The first-order valence-electron chi connectivity index (χ1n) is 10.6. The number of hydrogen-bond acceptors (Lipinski definition) is 5. The van der Waals surface area contributed by atoms with E-state index in [9.17, 15) is 0 Å². The Balaban J connectivity index is 0.00000272. The maximum atomic E-state index is 6.23. The summed E-state index contributed by atoms with van der Waals surface area (Å²) >= 11 is 0. The van der Waals surface area contributed by atoms with E-state index in [2.05, 4.69) is 21.3 Å². The molecular formula is C23H31IN4O3. The topological polar surface area (TPSA) is 81.3 Å². The highest BCUT2D eigenvalue weighted by molar-refractivity contribution is 14.0. The van der Waals surface area contributed by atoms with Crippen molar-refractivity contribution in [1.82, 2.24) is 4.90 Å². The second-order valence-corrected chi connectivity index (χ2v) is 7.56. The lowest BCUT2D eigenvalue weighted by Crippen LogP contribution is -2.30. The van der Waals surface area contributed by atoms with Crippen LogP contribution >= 0.6 is 24.0 Å². The summed E-state index contributed by atoms with van der Waals surface area (Å²) in [4.78, 5) is 7.12. The number of fused-ring (bicyclic) bond motifs is 1. The van der Waals surface area contributed by atoms with Gasteiger partial charge in [0, 0.05) is 23.7 Å². The predicted octanol–water partition coefficient (Wildman–Crippen LogP) is 4.04. The number of para-hydroxylation sites is 1. The molecule has 2 aromatic rings. The summed E-state index contributed by atoms with van der Waals surface area (Å²) in [7, 11) is 1.71. The first-order valence-corrected chi connectivity index (χ1v) is 10.6. The Morgan fingerprint density at radius 1 is 1.10 bits per heavy atom. The average molecular weight is 538 g/mol. The van der Waals surface area contributed by atoms with Crippen LogP contribution in [0.2, 0.25) is 0 Å². The van der Waals surface area contributed by atoms with Crippen LogP contribution in [0.4, 0.5) is 5.69 Å². The molecule has 0 saturated carbocycles. The molecule has 31 heavy (non-hydrogen) atoms. The lowest BCUT2D eigenvalue weighted by molar-refractivity contribution is 0.245. The van der Waals surface area contributed by atoms with Gasteiger partial charge in [0.2, 0.25) is 0 Å². The van der Waals surface area contributed by atoms with E-state index in [-0.39, 0.29) is 30.0 Å². The molecule has 1 atom stereocenters. The Kier molecular flexibility index (Phi) is 8.65. The Bertz CT molecular complexity index is 887. The van der Waals surface area contributed by atoms with Gasteiger partial charge < -0.3 is 25.3 Å². The predicted molar refractivity (Wildman–Crippen MR) is 134 cm³/mol. The molecule has 7 nitrogen and oxygen atoms in total. The lowest BCUT2D eigenvalue weighted by atomic mass is 10.0. The van der Waals surface area contributed by atoms with Crippen molar-refractivity contribution < 1.29 is 14.2 Å². The number of hydrogen-bond donors (Lipinski definition) is 2. The molecule has 2 aliphatic heterocycles. The molecule has 0 aliphatic carbocycles. The summed E-state index contributed by atoms with van der Waals surface area (Å²) < 4.78 is 17.0. The standard InChI is InChI=1S/C23H30N4O3.HI/c1-28-20-8-3-2-7-18(20)19(27-11-4-5-12-27)16-25-23(24)26-17-9-10-21-22(15-17)30-14-6-13-29-21;/h2-3,7-10,15,19H,4-6,11-14,16H2,1H3,(H3,24,25,26);1H. The molecule has 3 N–H and O–H groups in total. The molecule has 1 saturated heterocycles. The van der Waals surface area contributed by atoms with Crippen LogP contribution in [0.25, 0.3) is 0 Å². The molecule has 0 spiro atoms.